The van der Waals surface area contributed by atoms with E-state index in [2.05, 4.69) is 15.0 Å². The molecule has 31 heavy (non-hydrogen) atoms. The molecule has 2 aromatic heterocycles. The van der Waals surface area contributed by atoms with E-state index < -0.39 is 6.43 Å². The van der Waals surface area contributed by atoms with Gasteiger partial charge in [-0.25, -0.2) is 13.6 Å². The maximum Gasteiger partial charge on any atom is 0.410 e. The monoisotopic (exact) mass is 431 g/mol. The molecule has 2 fully saturated rings. The summed E-state index contributed by atoms with van der Waals surface area (Å²) in [6, 6.07) is 1.94. The largest absolute Gasteiger partial charge is 0.441 e. The number of hydrogen-bond acceptors (Lipinski definition) is 6. The van der Waals surface area contributed by atoms with Crippen LogP contribution in [0.2, 0.25) is 0 Å². The number of alkyl halides is 2. The molecule has 0 atom stereocenters. The van der Waals surface area contributed by atoms with Crippen LogP contribution in [0, 0.1) is 0 Å². The van der Waals surface area contributed by atoms with Crippen LogP contribution in [-0.4, -0.2) is 71.3 Å². The van der Waals surface area contributed by atoms with Gasteiger partial charge in [-0.3, -0.25) is 9.67 Å². The van der Waals surface area contributed by atoms with Gasteiger partial charge in [0.15, 0.2) is 6.10 Å². The van der Waals surface area contributed by atoms with Crippen LogP contribution in [0.4, 0.5) is 19.3 Å². The van der Waals surface area contributed by atoms with Crippen LogP contribution in [0.1, 0.15) is 28.9 Å². The molecule has 0 bridgehead atoms. The minimum Gasteiger partial charge on any atom is -0.441 e. The van der Waals surface area contributed by atoms with Gasteiger partial charge in [0.2, 0.25) is 0 Å². The third kappa shape index (κ3) is 3.65. The van der Waals surface area contributed by atoms with Gasteiger partial charge in [0, 0.05) is 62.7 Å². The van der Waals surface area contributed by atoms with Crippen molar-refractivity contribution in [3.05, 3.63) is 41.0 Å². The SMILES string of the molecule is Cn1ncc(C2=Cc3c(N4CCN(C(=O)OC5COC5)CC4)ccnc3C2)c1C(F)F. The van der Waals surface area contributed by atoms with Crippen molar-refractivity contribution in [2.24, 2.45) is 7.05 Å². The second-order valence-corrected chi connectivity index (χ2v) is 7.92. The first-order chi connectivity index (χ1) is 15.0. The molecule has 2 saturated heterocycles. The van der Waals surface area contributed by atoms with Gasteiger partial charge in [-0.15, -0.1) is 0 Å². The number of carbonyl (C=O) groups excluding carboxylic acids is 1. The molecule has 164 valence electrons. The van der Waals surface area contributed by atoms with Gasteiger partial charge in [-0.2, -0.15) is 5.10 Å². The lowest BCUT2D eigenvalue weighted by molar-refractivity contribution is -0.104. The molecule has 0 N–H and O–H groups in total. The van der Waals surface area contributed by atoms with Crippen molar-refractivity contribution in [2.75, 3.05) is 44.3 Å². The van der Waals surface area contributed by atoms with E-state index >= 15 is 0 Å². The number of halogens is 2. The van der Waals surface area contributed by atoms with Crippen LogP contribution >= 0.6 is 0 Å². The average molecular weight is 431 g/mol. The molecule has 0 aromatic carbocycles. The first kappa shape index (κ1) is 19.9. The number of piperazine rings is 1. The van der Waals surface area contributed by atoms with Gasteiger partial charge in [0.1, 0.15) is 5.69 Å². The number of aromatic nitrogens is 3. The number of ether oxygens (including phenoxy) is 2. The molecule has 8 nitrogen and oxygen atoms in total. The first-order valence-corrected chi connectivity index (χ1v) is 10.3. The maximum atomic E-state index is 13.5. The summed E-state index contributed by atoms with van der Waals surface area (Å²) >= 11 is 0. The van der Waals surface area contributed by atoms with Gasteiger partial charge in [0.25, 0.3) is 6.43 Å². The van der Waals surface area contributed by atoms with Crippen LogP contribution < -0.4 is 4.90 Å². The Bertz CT molecular complexity index is 1030. The van der Waals surface area contributed by atoms with Gasteiger partial charge in [-0.05, 0) is 17.7 Å². The fraction of sp³-hybridized carbons (Fsp3) is 0.476. The number of nitrogens with zero attached hydrogens (tertiary/aromatic N) is 5. The summed E-state index contributed by atoms with van der Waals surface area (Å²) in [5.74, 6) is 0. The Morgan fingerprint density at radius 3 is 2.71 bits per heavy atom. The molecule has 4 heterocycles. The van der Waals surface area contributed by atoms with Gasteiger partial charge < -0.3 is 19.3 Å². The molecule has 10 heteroatoms. The second kappa shape index (κ2) is 7.92. The van der Waals surface area contributed by atoms with E-state index in [4.69, 9.17) is 9.47 Å². The molecule has 0 radical (unpaired) electrons. The van der Waals surface area contributed by atoms with Crippen LogP contribution in [0.3, 0.4) is 0 Å². The number of carbonyl (C=O) groups is 1. The minimum atomic E-state index is -2.60. The number of pyridine rings is 1. The van der Waals surface area contributed by atoms with Crippen LogP contribution in [-0.2, 0) is 22.9 Å². The highest BCUT2D eigenvalue weighted by molar-refractivity contribution is 5.92. The molecule has 2 aliphatic heterocycles. The molecule has 1 aliphatic carbocycles. The van der Waals surface area contributed by atoms with E-state index in [9.17, 15) is 13.6 Å². The predicted octanol–water partition coefficient (Wildman–Crippen LogP) is 2.51. The molecule has 0 spiro atoms. The maximum absolute atomic E-state index is 13.5. The molecule has 5 rings (SSSR count). The fourth-order valence-corrected chi connectivity index (χ4v) is 4.24. The number of anilines is 1. The van der Waals surface area contributed by atoms with Gasteiger partial charge in [0.05, 0.1) is 25.1 Å². The zero-order valence-corrected chi connectivity index (χ0v) is 17.1. The smallest absolute Gasteiger partial charge is 0.410 e. The lowest BCUT2D eigenvalue weighted by Crippen LogP contribution is -2.51. The predicted molar refractivity (Wildman–Crippen MR) is 109 cm³/mol. The Hall–Kier alpha value is -3.01. The second-order valence-electron chi connectivity index (χ2n) is 7.92. The molecule has 0 unspecified atom stereocenters. The fourth-order valence-electron chi connectivity index (χ4n) is 4.24. The number of amides is 1. The van der Waals surface area contributed by atoms with Crippen molar-refractivity contribution in [3.8, 4) is 0 Å². The summed E-state index contributed by atoms with van der Waals surface area (Å²) in [6.45, 7) is 3.36. The molecule has 2 aromatic rings. The average Bonchev–Trinajstić information content (AvgIpc) is 3.33. The molecule has 0 saturated carbocycles. The molecule has 3 aliphatic rings. The van der Waals surface area contributed by atoms with Crippen molar-refractivity contribution >= 4 is 23.4 Å². The Morgan fingerprint density at radius 1 is 1.26 bits per heavy atom. The highest BCUT2D eigenvalue weighted by Crippen LogP contribution is 2.39. The van der Waals surface area contributed by atoms with Crippen molar-refractivity contribution in [3.63, 3.8) is 0 Å². The number of hydrogen-bond donors (Lipinski definition) is 0. The summed E-state index contributed by atoms with van der Waals surface area (Å²) in [7, 11) is 1.53. The van der Waals surface area contributed by atoms with E-state index in [1.54, 1.807) is 11.1 Å². The Kier molecular flexibility index (Phi) is 5.09. The molecule has 1 amide bonds. The highest BCUT2D eigenvalue weighted by Gasteiger charge is 2.30. The van der Waals surface area contributed by atoms with E-state index in [1.165, 1.54) is 17.9 Å². The standard InChI is InChI=1S/C21H23F2N5O3/c1-26-19(20(22)23)16(10-25-26)13-8-15-17(9-13)24-3-2-18(15)27-4-6-28(7-5-27)21(29)31-14-11-30-12-14/h2-3,8,10,14,20H,4-7,9,11-12H2,1H3. The summed E-state index contributed by atoms with van der Waals surface area (Å²) in [5, 5.41) is 4.02. The van der Waals surface area contributed by atoms with Crippen molar-refractivity contribution < 1.29 is 23.0 Å². The summed E-state index contributed by atoms with van der Waals surface area (Å²) in [4.78, 5) is 20.6. The van der Waals surface area contributed by atoms with Crippen LogP contribution in [0.15, 0.2) is 18.5 Å². The number of rotatable bonds is 4. The number of allylic oxidation sites excluding steroid dienone is 1. The van der Waals surface area contributed by atoms with Gasteiger partial charge >= 0.3 is 6.09 Å². The minimum absolute atomic E-state index is 0.0791. The third-order valence-electron chi connectivity index (χ3n) is 6.02. The topological polar surface area (TPSA) is 72.7 Å². The van der Waals surface area contributed by atoms with Crippen LogP contribution in [0.25, 0.3) is 11.6 Å². The number of fused-ring (bicyclic) bond motifs is 1. The van der Waals surface area contributed by atoms with Crippen molar-refractivity contribution in [2.45, 2.75) is 19.0 Å². The van der Waals surface area contributed by atoms with Crippen molar-refractivity contribution in [1.29, 1.82) is 0 Å². The van der Waals surface area contributed by atoms with E-state index in [1.807, 2.05) is 12.1 Å². The summed E-state index contributed by atoms with van der Waals surface area (Å²) < 4.78 is 38.7. The summed E-state index contributed by atoms with van der Waals surface area (Å²) in [5.41, 5.74) is 4.00. The number of aryl methyl sites for hydroxylation is 1. The molecular formula is C21H23F2N5O3. The summed E-state index contributed by atoms with van der Waals surface area (Å²) in [6.07, 6.45) is 2.64. The zero-order valence-electron chi connectivity index (χ0n) is 17.1. The highest BCUT2D eigenvalue weighted by atomic mass is 19.3. The third-order valence-corrected chi connectivity index (χ3v) is 6.02. The van der Waals surface area contributed by atoms with E-state index in [-0.39, 0.29) is 17.9 Å². The van der Waals surface area contributed by atoms with Gasteiger partial charge in [-0.1, -0.05) is 0 Å². The Labute approximate surface area is 178 Å². The first-order valence-electron chi connectivity index (χ1n) is 10.3. The Morgan fingerprint density at radius 2 is 2.03 bits per heavy atom. The lowest BCUT2D eigenvalue weighted by atomic mass is 10.1. The Balaban J connectivity index is 1.32. The molecular weight excluding hydrogens is 408 g/mol. The normalized spacial score (nSPS) is 18.8. The van der Waals surface area contributed by atoms with Crippen LogP contribution in [0.5, 0.6) is 0 Å². The van der Waals surface area contributed by atoms with E-state index in [0.29, 0.717) is 51.4 Å². The lowest BCUT2D eigenvalue weighted by Gasteiger charge is -2.37. The van der Waals surface area contributed by atoms with E-state index in [0.717, 1.165) is 22.5 Å². The quantitative estimate of drug-likeness (QED) is 0.741. The zero-order chi connectivity index (χ0) is 21.5. The van der Waals surface area contributed by atoms with Crippen molar-refractivity contribution in [1.82, 2.24) is 19.7 Å².